The fourth-order valence-corrected chi connectivity index (χ4v) is 2.60. The van der Waals surface area contributed by atoms with E-state index in [4.69, 9.17) is 0 Å². The predicted octanol–water partition coefficient (Wildman–Crippen LogP) is 2.28. The maximum atomic E-state index is 12.8. The first-order valence-electron chi connectivity index (χ1n) is 6.10. The van der Waals surface area contributed by atoms with Crippen LogP contribution in [0.2, 0.25) is 0 Å². The number of pyridine rings is 1. The lowest BCUT2D eigenvalue weighted by Gasteiger charge is -2.09. The van der Waals surface area contributed by atoms with Crippen molar-refractivity contribution in [3.8, 4) is 0 Å². The highest BCUT2D eigenvalue weighted by molar-refractivity contribution is 7.90. The van der Waals surface area contributed by atoms with Gasteiger partial charge in [-0.05, 0) is 36.2 Å². The van der Waals surface area contributed by atoms with E-state index in [-0.39, 0.29) is 10.7 Å². The number of aromatic nitrogens is 1. The summed E-state index contributed by atoms with van der Waals surface area (Å²) in [5.41, 5.74) is 0.968. The minimum absolute atomic E-state index is 0.180. The molecule has 0 saturated heterocycles. The highest BCUT2D eigenvalue weighted by Gasteiger charge is 2.13. The van der Waals surface area contributed by atoms with Gasteiger partial charge in [0.05, 0.1) is 0 Å². The zero-order chi connectivity index (χ0) is 14.6. The number of nitrogens with zero attached hydrogens (tertiary/aromatic N) is 1. The molecule has 2 rings (SSSR count). The Labute approximate surface area is 117 Å². The van der Waals surface area contributed by atoms with E-state index in [1.54, 1.807) is 18.2 Å². The molecule has 4 nitrogen and oxygen atoms in total. The molecule has 6 heteroatoms. The molecular weight excluding hydrogens is 279 g/mol. The molecule has 0 atom stereocenters. The van der Waals surface area contributed by atoms with Crippen molar-refractivity contribution in [1.82, 2.24) is 4.98 Å². The minimum Gasteiger partial charge on any atom is -0.369 e. The van der Waals surface area contributed by atoms with Crippen LogP contribution in [0.25, 0.3) is 0 Å². The molecule has 0 aliphatic carbocycles. The third kappa shape index (κ3) is 3.77. The molecule has 1 aromatic carbocycles. The molecule has 0 amide bonds. The van der Waals surface area contributed by atoms with E-state index in [0.717, 1.165) is 11.8 Å². The molecule has 0 aliphatic rings. The molecule has 20 heavy (non-hydrogen) atoms. The maximum absolute atomic E-state index is 12.8. The molecule has 1 heterocycles. The molecule has 2 aromatic rings. The topological polar surface area (TPSA) is 59.1 Å². The van der Waals surface area contributed by atoms with Crippen molar-refractivity contribution in [2.45, 2.75) is 11.3 Å². The minimum atomic E-state index is -3.31. The van der Waals surface area contributed by atoms with Crippen molar-refractivity contribution in [3.63, 3.8) is 0 Å². The lowest BCUT2D eigenvalue weighted by atomic mass is 10.1. The number of nitrogens with one attached hydrogen (secondary N) is 1. The van der Waals surface area contributed by atoms with E-state index in [9.17, 15) is 12.8 Å². The third-order valence-electron chi connectivity index (χ3n) is 2.79. The molecule has 0 aliphatic heterocycles. The standard InChI is InChI=1S/C14H15FN2O2S/c1-20(18,19)13-3-2-9-16-14(13)17-10-8-11-4-6-12(15)7-5-11/h2-7,9H,8,10H2,1H3,(H,16,17). The van der Waals surface area contributed by atoms with Gasteiger partial charge >= 0.3 is 0 Å². The number of sulfone groups is 1. The summed E-state index contributed by atoms with van der Waals surface area (Å²) in [6.07, 6.45) is 3.34. The van der Waals surface area contributed by atoms with Gasteiger partial charge in [0.1, 0.15) is 16.5 Å². The zero-order valence-corrected chi connectivity index (χ0v) is 11.8. The molecule has 0 saturated carbocycles. The van der Waals surface area contributed by atoms with E-state index >= 15 is 0 Å². The Morgan fingerprint density at radius 2 is 1.90 bits per heavy atom. The third-order valence-corrected chi connectivity index (χ3v) is 3.92. The van der Waals surface area contributed by atoms with E-state index in [1.165, 1.54) is 24.4 Å². The summed E-state index contributed by atoms with van der Waals surface area (Å²) in [6, 6.07) is 9.31. The van der Waals surface area contributed by atoms with E-state index in [2.05, 4.69) is 10.3 Å². The van der Waals surface area contributed by atoms with Crippen molar-refractivity contribution in [3.05, 3.63) is 54.0 Å². The second-order valence-electron chi connectivity index (χ2n) is 4.43. The molecule has 106 valence electrons. The normalized spacial score (nSPS) is 11.3. The zero-order valence-electron chi connectivity index (χ0n) is 11.0. The Balaban J connectivity index is 2.03. The van der Waals surface area contributed by atoms with Crippen LogP contribution in [-0.4, -0.2) is 26.2 Å². The summed E-state index contributed by atoms with van der Waals surface area (Å²) in [7, 11) is -3.31. The Bertz CT molecular complexity index is 685. The molecule has 1 aromatic heterocycles. The summed E-state index contributed by atoms with van der Waals surface area (Å²) in [5, 5.41) is 3.00. The van der Waals surface area contributed by atoms with Crippen molar-refractivity contribution in [1.29, 1.82) is 0 Å². The van der Waals surface area contributed by atoms with Gasteiger partial charge in [0.2, 0.25) is 0 Å². The maximum Gasteiger partial charge on any atom is 0.179 e. The van der Waals surface area contributed by atoms with Gasteiger partial charge in [-0.25, -0.2) is 17.8 Å². The molecule has 0 bridgehead atoms. The van der Waals surface area contributed by atoms with Crippen molar-refractivity contribution < 1.29 is 12.8 Å². The Morgan fingerprint density at radius 3 is 2.55 bits per heavy atom. The lowest BCUT2D eigenvalue weighted by Crippen LogP contribution is -2.10. The van der Waals surface area contributed by atoms with Gasteiger partial charge in [0.15, 0.2) is 9.84 Å². The van der Waals surface area contributed by atoms with Crippen molar-refractivity contribution in [2.75, 3.05) is 18.1 Å². The van der Waals surface area contributed by atoms with Crippen LogP contribution in [0.5, 0.6) is 0 Å². The quantitative estimate of drug-likeness (QED) is 0.919. The van der Waals surface area contributed by atoms with E-state index in [1.807, 2.05) is 0 Å². The largest absolute Gasteiger partial charge is 0.369 e. The number of halogens is 1. The fraction of sp³-hybridized carbons (Fsp3) is 0.214. The molecule has 1 N–H and O–H groups in total. The summed E-state index contributed by atoms with van der Waals surface area (Å²) < 4.78 is 36.0. The average Bonchev–Trinajstić information content (AvgIpc) is 2.40. The monoisotopic (exact) mass is 294 g/mol. The van der Waals surface area contributed by atoms with Gasteiger partial charge in [0.25, 0.3) is 0 Å². The second kappa shape index (κ2) is 6.00. The Kier molecular flexibility index (Phi) is 4.34. The second-order valence-corrected chi connectivity index (χ2v) is 6.41. The van der Waals surface area contributed by atoms with E-state index < -0.39 is 9.84 Å². The summed E-state index contributed by atoms with van der Waals surface area (Å²) in [6.45, 7) is 0.519. The average molecular weight is 294 g/mol. The van der Waals surface area contributed by atoms with Gasteiger partial charge in [-0.2, -0.15) is 0 Å². The first-order valence-corrected chi connectivity index (χ1v) is 7.99. The fourth-order valence-electron chi connectivity index (χ4n) is 1.80. The molecule has 0 radical (unpaired) electrons. The highest BCUT2D eigenvalue weighted by Crippen LogP contribution is 2.17. The Morgan fingerprint density at radius 1 is 1.20 bits per heavy atom. The Hall–Kier alpha value is -1.95. The summed E-state index contributed by atoms with van der Waals surface area (Å²) >= 11 is 0. The van der Waals surface area contributed by atoms with Crippen LogP contribution < -0.4 is 5.32 Å². The number of anilines is 1. The van der Waals surface area contributed by atoms with Crippen LogP contribution in [0, 0.1) is 5.82 Å². The lowest BCUT2D eigenvalue weighted by molar-refractivity contribution is 0.601. The van der Waals surface area contributed by atoms with Crippen molar-refractivity contribution >= 4 is 15.7 Å². The summed E-state index contributed by atoms with van der Waals surface area (Å²) in [5.74, 6) is 0.0721. The first-order chi connectivity index (χ1) is 9.47. The van der Waals surface area contributed by atoms with Crippen molar-refractivity contribution in [2.24, 2.45) is 0 Å². The number of benzene rings is 1. The summed E-state index contributed by atoms with van der Waals surface area (Å²) in [4.78, 5) is 4.22. The van der Waals surface area contributed by atoms with Crippen LogP contribution in [0.4, 0.5) is 10.2 Å². The molecular formula is C14H15FN2O2S. The van der Waals surface area contributed by atoms with E-state index in [0.29, 0.717) is 18.8 Å². The SMILES string of the molecule is CS(=O)(=O)c1cccnc1NCCc1ccc(F)cc1. The number of hydrogen-bond acceptors (Lipinski definition) is 4. The van der Waals surface area contributed by atoms with Gasteiger partial charge < -0.3 is 5.32 Å². The van der Waals surface area contributed by atoms with Gasteiger partial charge in [-0.15, -0.1) is 0 Å². The predicted molar refractivity (Wildman–Crippen MR) is 75.9 cm³/mol. The number of hydrogen-bond donors (Lipinski definition) is 1. The molecule has 0 fully saturated rings. The molecule has 0 spiro atoms. The smallest absolute Gasteiger partial charge is 0.179 e. The first kappa shape index (κ1) is 14.5. The van der Waals surface area contributed by atoms with Crippen LogP contribution in [0.3, 0.4) is 0 Å². The van der Waals surface area contributed by atoms with Crippen LogP contribution in [-0.2, 0) is 16.3 Å². The van der Waals surface area contributed by atoms with Gasteiger partial charge in [0, 0.05) is 19.0 Å². The van der Waals surface area contributed by atoms with Crippen LogP contribution in [0.1, 0.15) is 5.56 Å². The van der Waals surface area contributed by atoms with Crippen LogP contribution in [0.15, 0.2) is 47.5 Å². The number of rotatable bonds is 5. The van der Waals surface area contributed by atoms with Gasteiger partial charge in [-0.3, -0.25) is 0 Å². The van der Waals surface area contributed by atoms with Crippen LogP contribution >= 0.6 is 0 Å². The van der Waals surface area contributed by atoms with Gasteiger partial charge in [-0.1, -0.05) is 12.1 Å². The highest BCUT2D eigenvalue weighted by atomic mass is 32.2. The molecule has 0 unspecified atom stereocenters.